The molecule has 3 N–H and O–H groups in total. The Bertz CT molecular complexity index is 687. The highest BCUT2D eigenvalue weighted by atomic mass is 35.5. The number of rotatable bonds is 2. The molecule has 108 valence electrons. The van der Waals surface area contributed by atoms with Gasteiger partial charge in [-0.1, -0.05) is 29.3 Å². The zero-order valence-electron chi connectivity index (χ0n) is 10.6. The fourth-order valence-corrected chi connectivity index (χ4v) is 1.86. The van der Waals surface area contributed by atoms with Crippen LogP contribution in [0.1, 0.15) is 0 Å². The maximum absolute atomic E-state index is 11.8. The van der Waals surface area contributed by atoms with E-state index in [4.69, 9.17) is 28.3 Å². The van der Waals surface area contributed by atoms with E-state index < -0.39 is 11.8 Å². The number of aromatic hydroxyl groups is 1. The first-order chi connectivity index (χ1) is 9.97. The summed E-state index contributed by atoms with van der Waals surface area (Å²) in [5.41, 5.74) is 0.625. The van der Waals surface area contributed by atoms with Crippen molar-refractivity contribution in [1.29, 1.82) is 0 Å². The minimum Gasteiger partial charge on any atom is -0.508 e. The van der Waals surface area contributed by atoms with Gasteiger partial charge in [-0.3, -0.25) is 9.59 Å². The summed E-state index contributed by atoms with van der Waals surface area (Å²) in [6.07, 6.45) is 0. The fourth-order valence-electron chi connectivity index (χ4n) is 1.51. The van der Waals surface area contributed by atoms with E-state index in [1.807, 2.05) is 0 Å². The van der Waals surface area contributed by atoms with Crippen LogP contribution in [-0.4, -0.2) is 16.9 Å². The lowest BCUT2D eigenvalue weighted by Gasteiger charge is -2.08. The van der Waals surface area contributed by atoms with Crippen molar-refractivity contribution in [2.75, 3.05) is 10.6 Å². The van der Waals surface area contributed by atoms with E-state index in [1.54, 1.807) is 12.1 Å². The van der Waals surface area contributed by atoms with Gasteiger partial charge in [0.1, 0.15) is 5.75 Å². The second kappa shape index (κ2) is 6.47. The molecule has 2 aromatic rings. The van der Waals surface area contributed by atoms with Crippen molar-refractivity contribution in [2.45, 2.75) is 0 Å². The fraction of sp³-hybridized carbons (Fsp3) is 0. The standard InChI is InChI=1S/C14H10Cl2N2O3/c15-10-2-1-3-11(12(10)16)18-14(21)13(20)17-8-4-6-9(19)7-5-8/h1-7,19H,(H,17,20)(H,18,21). The average molecular weight is 325 g/mol. The van der Waals surface area contributed by atoms with Gasteiger partial charge >= 0.3 is 11.8 Å². The van der Waals surface area contributed by atoms with Gasteiger partial charge in [0.25, 0.3) is 0 Å². The van der Waals surface area contributed by atoms with Gasteiger partial charge in [0, 0.05) is 5.69 Å². The Balaban J connectivity index is 2.04. The quantitative estimate of drug-likeness (QED) is 0.586. The number of carbonyl (C=O) groups excluding carboxylic acids is 2. The number of phenolic OH excluding ortho intramolecular Hbond substituents is 1. The van der Waals surface area contributed by atoms with Gasteiger partial charge in [0.15, 0.2) is 0 Å². The van der Waals surface area contributed by atoms with Crippen LogP contribution < -0.4 is 10.6 Å². The molecule has 2 amide bonds. The van der Waals surface area contributed by atoms with E-state index in [1.165, 1.54) is 30.3 Å². The number of carbonyl (C=O) groups is 2. The van der Waals surface area contributed by atoms with Crippen LogP contribution >= 0.6 is 23.2 Å². The highest BCUT2D eigenvalue weighted by molar-refractivity contribution is 6.47. The third kappa shape index (κ3) is 3.87. The molecule has 5 nitrogen and oxygen atoms in total. The lowest BCUT2D eigenvalue weighted by Crippen LogP contribution is -2.29. The van der Waals surface area contributed by atoms with Gasteiger partial charge in [0.2, 0.25) is 0 Å². The Morgan fingerprint density at radius 1 is 0.905 bits per heavy atom. The molecule has 0 unspecified atom stereocenters. The topological polar surface area (TPSA) is 78.4 Å². The van der Waals surface area contributed by atoms with Gasteiger partial charge < -0.3 is 15.7 Å². The second-order valence-electron chi connectivity index (χ2n) is 4.06. The molecule has 0 saturated carbocycles. The van der Waals surface area contributed by atoms with E-state index in [2.05, 4.69) is 10.6 Å². The van der Waals surface area contributed by atoms with Crippen LogP contribution in [0.3, 0.4) is 0 Å². The van der Waals surface area contributed by atoms with Gasteiger partial charge in [-0.25, -0.2) is 0 Å². The molecule has 0 aliphatic rings. The van der Waals surface area contributed by atoms with E-state index in [0.717, 1.165) is 0 Å². The number of benzene rings is 2. The van der Waals surface area contributed by atoms with E-state index >= 15 is 0 Å². The highest BCUT2D eigenvalue weighted by Crippen LogP contribution is 2.29. The summed E-state index contributed by atoms with van der Waals surface area (Å²) < 4.78 is 0. The summed E-state index contributed by atoms with van der Waals surface area (Å²) in [6.45, 7) is 0. The monoisotopic (exact) mass is 324 g/mol. The number of nitrogens with one attached hydrogen (secondary N) is 2. The molecule has 0 spiro atoms. The lowest BCUT2D eigenvalue weighted by molar-refractivity contribution is -0.132. The van der Waals surface area contributed by atoms with Gasteiger partial charge in [0.05, 0.1) is 15.7 Å². The highest BCUT2D eigenvalue weighted by Gasteiger charge is 2.16. The molecule has 2 aromatic carbocycles. The molecule has 0 radical (unpaired) electrons. The molecule has 0 heterocycles. The number of hydrogen-bond donors (Lipinski definition) is 3. The van der Waals surface area contributed by atoms with Crippen molar-refractivity contribution in [3.63, 3.8) is 0 Å². The van der Waals surface area contributed by atoms with E-state index in [0.29, 0.717) is 5.69 Å². The maximum atomic E-state index is 11.8. The zero-order valence-corrected chi connectivity index (χ0v) is 12.1. The molecule has 0 aromatic heterocycles. The van der Waals surface area contributed by atoms with Crippen LogP contribution in [0.2, 0.25) is 10.0 Å². The van der Waals surface area contributed by atoms with Gasteiger partial charge in [-0.15, -0.1) is 0 Å². The van der Waals surface area contributed by atoms with Crippen LogP contribution in [0.4, 0.5) is 11.4 Å². The van der Waals surface area contributed by atoms with Gasteiger partial charge in [-0.05, 0) is 36.4 Å². The third-order valence-electron chi connectivity index (χ3n) is 2.53. The zero-order chi connectivity index (χ0) is 15.4. The Kier molecular flexibility index (Phi) is 4.67. The molecule has 7 heteroatoms. The normalized spacial score (nSPS) is 10.0. The smallest absolute Gasteiger partial charge is 0.314 e. The van der Waals surface area contributed by atoms with Crippen LogP contribution in [0.5, 0.6) is 5.75 Å². The minimum absolute atomic E-state index is 0.0585. The van der Waals surface area contributed by atoms with E-state index in [9.17, 15) is 9.59 Å². The first-order valence-electron chi connectivity index (χ1n) is 5.83. The van der Waals surface area contributed by atoms with Crippen LogP contribution in [0, 0.1) is 0 Å². The molecule has 21 heavy (non-hydrogen) atoms. The molecule has 0 aliphatic carbocycles. The van der Waals surface area contributed by atoms with Crippen LogP contribution in [0.15, 0.2) is 42.5 Å². The average Bonchev–Trinajstić information content (AvgIpc) is 2.46. The largest absolute Gasteiger partial charge is 0.508 e. The van der Waals surface area contributed by atoms with Crippen LogP contribution in [0.25, 0.3) is 0 Å². The van der Waals surface area contributed by atoms with E-state index in [-0.39, 0.29) is 21.5 Å². The SMILES string of the molecule is O=C(Nc1ccc(O)cc1)C(=O)Nc1cccc(Cl)c1Cl. The molecule has 0 aliphatic heterocycles. The maximum Gasteiger partial charge on any atom is 0.314 e. The number of halogens is 2. The summed E-state index contributed by atoms with van der Waals surface area (Å²) in [6, 6.07) is 10.4. The van der Waals surface area contributed by atoms with Crippen molar-refractivity contribution in [3.8, 4) is 5.75 Å². The van der Waals surface area contributed by atoms with Crippen molar-refractivity contribution in [3.05, 3.63) is 52.5 Å². The summed E-state index contributed by atoms with van der Waals surface area (Å²) in [4.78, 5) is 23.5. The number of hydrogen-bond acceptors (Lipinski definition) is 3. The molecular weight excluding hydrogens is 315 g/mol. The molecule has 0 bridgehead atoms. The summed E-state index contributed by atoms with van der Waals surface area (Å²) in [5, 5.41) is 14.3. The van der Waals surface area contributed by atoms with Gasteiger partial charge in [-0.2, -0.15) is 0 Å². The van der Waals surface area contributed by atoms with Crippen LogP contribution in [-0.2, 0) is 9.59 Å². The summed E-state index contributed by atoms with van der Waals surface area (Å²) >= 11 is 11.7. The first kappa shape index (κ1) is 15.2. The minimum atomic E-state index is -0.882. The molecule has 0 saturated heterocycles. The molecular formula is C14H10Cl2N2O3. The Morgan fingerprint density at radius 3 is 2.19 bits per heavy atom. The number of amides is 2. The Morgan fingerprint density at radius 2 is 1.52 bits per heavy atom. The Hall–Kier alpha value is -2.24. The number of phenols is 1. The first-order valence-corrected chi connectivity index (χ1v) is 6.58. The van der Waals surface area contributed by atoms with Crippen molar-refractivity contribution in [2.24, 2.45) is 0 Å². The predicted octanol–water partition coefficient (Wildman–Crippen LogP) is 3.28. The second-order valence-corrected chi connectivity index (χ2v) is 4.84. The molecule has 2 rings (SSSR count). The number of anilines is 2. The van der Waals surface area contributed by atoms with Crippen molar-refractivity contribution >= 4 is 46.4 Å². The summed E-state index contributed by atoms with van der Waals surface area (Å²) in [5.74, 6) is -1.69. The summed E-state index contributed by atoms with van der Waals surface area (Å²) in [7, 11) is 0. The third-order valence-corrected chi connectivity index (χ3v) is 3.35. The lowest BCUT2D eigenvalue weighted by atomic mass is 10.3. The Labute approximate surface area is 130 Å². The van der Waals surface area contributed by atoms with Crippen molar-refractivity contribution in [1.82, 2.24) is 0 Å². The molecule has 0 atom stereocenters. The molecule has 0 fully saturated rings. The van der Waals surface area contributed by atoms with Crippen molar-refractivity contribution < 1.29 is 14.7 Å². The predicted molar refractivity (Wildman–Crippen MR) is 81.8 cm³/mol.